The summed E-state index contributed by atoms with van der Waals surface area (Å²) in [5.41, 5.74) is 11.7. The molecule has 3 N–H and O–H groups in total. The van der Waals surface area contributed by atoms with E-state index in [0.717, 1.165) is 51.6 Å². The summed E-state index contributed by atoms with van der Waals surface area (Å²) in [7, 11) is 0. The summed E-state index contributed by atoms with van der Waals surface area (Å²) in [6.07, 6.45) is 7.22. The Morgan fingerprint density at radius 1 is 0.889 bits per heavy atom. The average molecular weight is 475 g/mol. The second-order valence-electron chi connectivity index (χ2n) is 9.21. The lowest BCUT2D eigenvalue weighted by Gasteiger charge is -2.32. The number of hydrogen-bond acceptors (Lipinski definition) is 6. The predicted octanol–water partition coefficient (Wildman–Crippen LogP) is 4.49. The highest BCUT2D eigenvalue weighted by atomic mass is 16.1. The second-order valence-corrected chi connectivity index (χ2v) is 9.21. The maximum atomic E-state index is 12.9. The summed E-state index contributed by atoms with van der Waals surface area (Å²) >= 11 is 0. The van der Waals surface area contributed by atoms with Crippen LogP contribution in [0.1, 0.15) is 33.6 Å². The monoisotopic (exact) mass is 474 g/mol. The fourth-order valence-electron chi connectivity index (χ4n) is 4.60. The molecule has 0 saturated carbocycles. The molecule has 1 aliphatic rings. The second kappa shape index (κ2) is 9.26. The Morgan fingerprint density at radius 2 is 1.72 bits per heavy atom. The number of carbonyl (C=O) groups is 1. The highest BCUT2D eigenvalue weighted by Crippen LogP contribution is 2.25. The fourth-order valence-corrected chi connectivity index (χ4v) is 4.60. The number of amides is 1. The van der Waals surface area contributed by atoms with Crippen molar-refractivity contribution in [2.45, 2.75) is 19.4 Å². The van der Waals surface area contributed by atoms with E-state index >= 15 is 0 Å². The Morgan fingerprint density at radius 3 is 2.58 bits per heavy atom. The molecule has 36 heavy (non-hydrogen) atoms. The molecule has 0 atom stereocenters. The van der Waals surface area contributed by atoms with Crippen molar-refractivity contribution in [1.29, 1.82) is 0 Å². The van der Waals surface area contributed by atoms with Crippen LogP contribution in [0.3, 0.4) is 0 Å². The number of carbonyl (C=O) groups excluding carboxylic acids is 1. The van der Waals surface area contributed by atoms with Crippen molar-refractivity contribution >= 4 is 39.1 Å². The van der Waals surface area contributed by atoms with E-state index in [0.29, 0.717) is 24.3 Å². The number of nitrogen functional groups attached to an aromatic ring is 1. The number of benzene rings is 2. The number of pyridine rings is 3. The summed E-state index contributed by atoms with van der Waals surface area (Å²) in [4.78, 5) is 28.4. The molecular formula is C29H26N6O. The first kappa shape index (κ1) is 22.0. The summed E-state index contributed by atoms with van der Waals surface area (Å²) in [5.74, 6) is 0.376. The van der Waals surface area contributed by atoms with Gasteiger partial charge in [-0.25, -0.2) is 4.98 Å². The van der Waals surface area contributed by atoms with Gasteiger partial charge in [0, 0.05) is 60.5 Å². The molecule has 1 saturated heterocycles. The topological polar surface area (TPSA) is 97.0 Å². The van der Waals surface area contributed by atoms with E-state index in [-0.39, 0.29) is 5.91 Å². The SMILES string of the molecule is Nc1nccc2cc(CNC(=O)c3ccnc(Cc4ccc5ncc(N6CCC6)cc5c4)c3)ccc12. The molecule has 5 aromatic rings. The van der Waals surface area contributed by atoms with Crippen LogP contribution in [-0.2, 0) is 13.0 Å². The van der Waals surface area contributed by atoms with Gasteiger partial charge in [0.2, 0.25) is 0 Å². The smallest absolute Gasteiger partial charge is 0.251 e. The van der Waals surface area contributed by atoms with Crippen LogP contribution >= 0.6 is 0 Å². The van der Waals surface area contributed by atoms with E-state index in [2.05, 4.69) is 43.4 Å². The first-order chi connectivity index (χ1) is 17.6. The standard InChI is InChI=1S/C29H26N6O/c30-28-26-4-2-20(13-21(26)6-9-32-28)17-34-29(36)22-7-8-31-24(15-22)14-19-3-5-27-23(12-19)16-25(18-33-27)35-10-1-11-35/h2-9,12-13,15-16,18H,1,10-11,14,17H2,(H2,30,32)(H,34,36). The zero-order valence-electron chi connectivity index (χ0n) is 19.8. The molecule has 0 unspecified atom stereocenters. The van der Waals surface area contributed by atoms with E-state index in [4.69, 9.17) is 5.73 Å². The number of aromatic nitrogens is 3. The molecule has 2 aromatic carbocycles. The molecule has 4 heterocycles. The van der Waals surface area contributed by atoms with Crippen LogP contribution < -0.4 is 16.0 Å². The van der Waals surface area contributed by atoms with Crippen LogP contribution in [0.15, 0.2) is 79.3 Å². The molecule has 6 rings (SSSR count). The minimum atomic E-state index is -0.130. The summed E-state index contributed by atoms with van der Waals surface area (Å²) < 4.78 is 0. The number of anilines is 2. The Balaban J connectivity index is 1.15. The normalized spacial score (nSPS) is 13.1. The van der Waals surface area contributed by atoms with Crippen LogP contribution in [-0.4, -0.2) is 33.9 Å². The summed E-state index contributed by atoms with van der Waals surface area (Å²) in [6, 6.07) is 20.0. The van der Waals surface area contributed by atoms with Crippen LogP contribution in [0, 0.1) is 0 Å². The van der Waals surface area contributed by atoms with Gasteiger partial charge in [-0.05, 0) is 65.4 Å². The Labute approximate surface area is 209 Å². The lowest BCUT2D eigenvalue weighted by Crippen LogP contribution is -2.36. The van der Waals surface area contributed by atoms with Crippen LogP contribution in [0.4, 0.5) is 11.5 Å². The van der Waals surface area contributed by atoms with Gasteiger partial charge < -0.3 is 16.0 Å². The third-order valence-electron chi connectivity index (χ3n) is 6.73. The first-order valence-electron chi connectivity index (χ1n) is 12.1. The minimum Gasteiger partial charge on any atom is -0.383 e. The van der Waals surface area contributed by atoms with Gasteiger partial charge in [-0.2, -0.15) is 0 Å². The molecular weight excluding hydrogens is 448 g/mol. The molecule has 7 nitrogen and oxygen atoms in total. The number of nitrogens with one attached hydrogen (secondary N) is 1. The minimum absolute atomic E-state index is 0.130. The van der Waals surface area contributed by atoms with Crippen molar-refractivity contribution in [3.05, 3.63) is 102 Å². The molecule has 0 aliphatic carbocycles. The molecule has 1 fully saturated rings. The van der Waals surface area contributed by atoms with Crippen molar-refractivity contribution < 1.29 is 4.79 Å². The van der Waals surface area contributed by atoms with Crippen molar-refractivity contribution in [2.24, 2.45) is 0 Å². The Hall–Kier alpha value is -4.52. The third kappa shape index (κ3) is 4.43. The lowest BCUT2D eigenvalue weighted by atomic mass is 10.0. The van der Waals surface area contributed by atoms with Gasteiger partial charge in [-0.15, -0.1) is 0 Å². The highest BCUT2D eigenvalue weighted by Gasteiger charge is 2.15. The Bertz CT molecular complexity index is 1590. The van der Waals surface area contributed by atoms with Gasteiger partial charge in [0.15, 0.2) is 0 Å². The predicted molar refractivity (Wildman–Crippen MR) is 143 cm³/mol. The maximum Gasteiger partial charge on any atom is 0.251 e. The average Bonchev–Trinajstić information content (AvgIpc) is 2.86. The third-order valence-corrected chi connectivity index (χ3v) is 6.73. The van der Waals surface area contributed by atoms with Gasteiger partial charge in [-0.1, -0.05) is 18.2 Å². The molecule has 0 bridgehead atoms. The van der Waals surface area contributed by atoms with Gasteiger partial charge in [0.1, 0.15) is 5.82 Å². The lowest BCUT2D eigenvalue weighted by molar-refractivity contribution is 0.0950. The maximum absolute atomic E-state index is 12.9. The number of nitrogens with zero attached hydrogens (tertiary/aromatic N) is 4. The summed E-state index contributed by atoms with van der Waals surface area (Å²) in [6.45, 7) is 2.61. The molecule has 0 spiro atoms. The van der Waals surface area contributed by atoms with Crippen molar-refractivity contribution in [1.82, 2.24) is 20.3 Å². The van der Waals surface area contributed by atoms with Crippen LogP contribution in [0.25, 0.3) is 21.7 Å². The van der Waals surface area contributed by atoms with Gasteiger partial charge in [0.05, 0.1) is 17.4 Å². The fraction of sp³-hybridized carbons (Fsp3) is 0.172. The Kier molecular flexibility index (Phi) is 5.65. The largest absolute Gasteiger partial charge is 0.383 e. The van der Waals surface area contributed by atoms with E-state index in [1.807, 2.05) is 42.6 Å². The number of nitrogens with two attached hydrogens (primary N) is 1. The van der Waals surface area contributed by atoms with Crippen molar-refractivity contribution in [3.8, 4) is 0 Å². The number of rotatable bonds is 6. The van der Waals surface area contributed by atoms with Gasteiger partial charge >= 0.3 is 0 Å². The molecule has 3 aromatic heterocycles. The number of hydrogen-bond donors (Lipinski definition) is 2. The van der Waals surface area contributed by atoms with Crippen molar-refractivity contribution in [2.75, 3.05) is 23.7 Å². The van der Waals surface area contributed by atoms with E-state index in [9.17, 15) is 4.79 Å². The highest BCUT2D eigenvalue weighted by molar-refractivity contribution is 5.94. The molecule has 7 heteroatoms. The van der Waals surface area contributed by atoms with Gasteiger partial charge in [0.25, 0.3) is 5.91 Å². The van der Waals surface area contributed by atoms with Crippen LogP contribution in [0.5, 0.6) is 0 Å². The molecule has 178 valence electrons. The zero-order chi connectivity index (χ0) is 24.5. The molecule has 1 aliphatic heterocycles. The van der Waals surface area contributed by atoms with Crippen molar-refractivity contribution in [3.63, 3.8) is 0 Å². The molecule has 1 amide bonds. The number of fused-ring (bicyclic) bond motifs is 2. The summed E-state index contributed by atoms with van der Waals surface area (Å²) in [5, 5.41) is 6.05. The first-order valence-corrected chi connectivity index (χ1v) is 12.1. The quantitative estimate of drug-likeness (QED) is 0.376. The van der Waals surface area contributed by atoms with E-state index in [1.165, 1.54) is 12.1 Å². The molecule has 0 radical (unpaired) electrons. The van der Waals surface area contributed by atoms with E-state index in [1.54, 1.807) is 18.5 Å². The van der Waals surface area contributed by atoms with Crippen LogP contribution in [0.2, 0.25) is 0 Å². The zero-order valence-corrected chi connectivity index (χ0v) is 19.8. The van der Waals surface area contributed by atoms with E-state index < -0.39 is 0 Å². The van der Waals surface area contributed by atoms with Gasteiger partial charge in [-0.3, -0.25) is 14.8 Å².